The van der Waals surface area contributed by atoms with Crippen molar-refractivity contribution in [3.8, 4) is 0 Å². The van der Waals surface area contributed by atoms with E-state index in [1.807, 2.05) is 0 Å². The van der Waals surface area contributed by atoms with Crippen molar-refractivity contribution in [1.29, 1.82) is 0 Å². The predicted molar refractivity (Wildman–Crippen MR) is 69.0 cm³/mol. The topological polar surface area (TPSA) is 124 Å². The summed E-state index contributed by atoms with van der Waals surface area (Å²) in [4.78, 5) is 24.0. The standard InChI is InChI=1S/C11H18N2O6S/c14-7-4-9(10(15)16)13(6-7)11(17)12-5-8-2-1-3-20(8,18)19/h7-9,14H,1-6H2,(H,12,17)(H,15,16)/t7-,8?,9-/m1/s1. The molecule has 2 heterocycles. The normalized spacial score (nSPS) is 32.2. The van der Waals surface area contributed by atoms with Gasteiger partial charge < -0.3 is 20.4 Å². The Hall–Kier alpha value is -1.35. The minimum atomic E-state index is -3.15. The van der Waals surface area contributed by atoms with Gasteiger partial charge in [0.2, 0.25) is 0 Å². The molecule has 2 rings (SSSR count). The van der Waals surface area contributed by atoms with E-state index in [1.54, 1.807) is 0 Å². The Labute approximate surface area is 116 Å². The summed E-state index contributed by atoms with van der Waals surface area (Å²) in [6.07, 6.45) is 0.221. The third-order valence-electron chi connectivity index (χ3n) is 3.77. The lowest BCUT2D eigenvalue weighted by Crippen LogP contribution is -2.48. The molecule has 0 aromatic carbocycles. The average Bonchev–Trinajstić information content (AvgIpc) is 2.89. The smallest absolute Gasteiger partial charge is 0.326 e. The lowest BCUT2D eigenvalue weighted by molar-refractivity contribution is -0.141. The molecule has 2 saturated heterocycles. The Morgan fingerprint density at radius 2 is 2.05 bits per heavy atom. The number of hydrogen-bond donors (Lipinski definition) is 3. The Kier molecular flexibility index (Phi) is 4.19. The number of aliphatic hydroxyl groups excluding tert-OH is 1. The second-order valence-corrected chi connectivity index (χ2v) is 7.61. The first kappa shape index (κ1) is 15.0. The molecule has 0 aromatic heterocycles. The predicted octanol–water partition coefficient (Wildman–Crippen LogP) is -1.21. The third-order valence-corrected chi connectivity index (χ3v) is 6.04. The summed E-state index contributed by atoms with van der Waals surface area (Å²) in [6.45, 7) is -0.0691. The van der Waals surface area contributed by atoms with Crippen LogP contribution in [0, 0.1) is 0 Å². The minimum absolute atomic E-state index is 0.00944. The highest BCUT2D eigenvalue weighted by atomic mass is 32.2. The van der Waals surface area contributed by atoms with Crippen LogP contribution in [0.4, 0.5) is 4.79 Å². The van der Waals surface area contributed by atoms with Gasteiger partial charge in [0.05, 0.1) is 17.1 Å². The quantitative estimate of drug-likeness (QED) is 0.601. The molecule has 0 saturated carbocycles. The van der Waals surface area contributed by atoms with Crippen molar-refractivity contribution in [2.24, 2.45) is 0 Å². The second kappa shape index (κ2) is 5.57. The van der Waals surface area contributed by atoms with Crippen molar-refractivity contribution in [3.63, 3.8) is 0 Å². The van der Waals surface area contributed by atoms with E-state index in [1.165, 1.54) is 0 Å². The van der Waals surface area contributed by atoms with Crippen molar-refractivity contribution >= 4 is 21.8 Å². The molecule has 2 aliphatic rings. The largest absolute Gasteiger partial charge is 0.480 e. The monoisotopic (exact) mass is 306 g/mol. The number of likely N-dealkylation sites (tertiary alicyclic amines) is 1. The number of hydrogen-bond acceptors (Lipinski definition) is 5. The van der Waals surface area contributed by atoms with Crippen LogP contribution in [-0.2, 0) is 14.6 Å². The number of amides is 2. The van der Waals surface area contributed by atoms with Crippen LogP contribution < -0.4 is 5.32 Å². The third kappa shape index (κ3) is 3.04. The molecule has 0 aromatic rings. The lowest BCUT2D eigenvalue weighted by atomic mass is 10.2. The summed E-state index contributed by atoms with van der Waals surface area (Å²) in [5, 5.41) is 20.3. The maximum atomic E-state index is 11.9. The Morgan fingerprint density at radius 1 is 1.35 bits per heavy atom. The maximum absolute atomic E-state index is 11.9. The number of urea groups is 1. The zero-order valence-corrected chi connectivity index (χ0v) is 11.7. The molecule has 3 atom stereocenters. The fraction of sp³-hybridized carbons (Fsp3) is 0.818. The summed E-state index contributed by atoms with van der Waals surface area (Å²) in [5.41, 5.74) is 0. The first-order valence-corrected chi connectivity index (χ1v) is 8.19. The zero-order chi connectivity index (χ0) is 14.9. The van der Waals surface area contributed by atoms with E-state index in [0.717, 1.165) is 4.90 Å². The van der Waals surface area contributed by atoms with Crippen molar-refractivity contribution in [1.82, 2.24) is 10.2 Å². The molecule has 0 aliphatic carbocycles. The average molecular weight is 306 g/mol. The maximum Gasteiger partial charge on any atom is 0.326 e. The van der Waals surface area contributed by atoms with Gasteiger partial charge in [-0.05, 0) is 12.8 Å². The van der Waals surface area contributed by atoms with E-state index in [4.69, 9.17) is 5.11 Å². The summed E-state index contributed by atoms with van der Waals surface area (Å²) < 4.78 is 23.2. The van der Waals surface area contributed by atoms with Gasteiger partial charge in [0.15, 0.2) is 9.84 Å². The molecule has 0 bridgehead atoms. The van der Waals surface area contributed by atoms with Crippen LogP contribution in [0.25, 0.3) is 0 Å². The van der Waals surface area contributed by atoms with E-state index < -0.39 is 39.2 Å². The van der Waals surface area contributed by atoms with Gasteiger partial charge in [-0.1, -0.05) is 0 Å². The summed E-state index contributed by atoms with van der Waals surface area (Å²) in [6, 6.07) is -1.71. The summed E-state index contributed by atoms with van der Waals surface area (Å²) in [7, 11) is -3.15. The Balaban J connectivity index is 1.93. The van der Waals surface area contributed by atoms with E-state index in [2.05, 4.69) is 5.32 Å². The van der Waals surface area contributed by atoms with Gasteiger partial charge in [0.1, 0.15) is 6.04 Å². The van der Waals surface area contributed by atoms with Crippen LogP contribution in [0.5, 0.6) is 0 Å². The van der Waals surface area contributed by atoms with Crippen LogP contribution in [0.15, 0.2) is 0 Å². The fourth-order valence-electron chi connectivity index (χ4n) is 2.66. The highest BCUT2D eigenvalue weighted by molar-refractivity contribution is 7.92. The van der Waals surface area contributed by atoms with Crippen molar-refractivity contribution in [2.75, 3.05) is 18.8 Å². The number of sulfone groups is 1. The van der Waals surface area contributed by atoms with Gasteiger partial charge >= 0.3 is 12.0 Å². The lowest BCUT2D eigenvalue weighted by Gasteiger charge is -2.22. The number of β-amino-alcohol motifs (C(OH)–C–C–N with tert-alkyl or cyclic N) is 1. The fourth-order valence-corrected chi connectivity index (χ4v) is 4.43. The van der Waals surface area contributed by atoms with Crippen LogP contribution in [0.2, 0.25) is 0 Å². The summed E-state index contributed by atoms with van der Waals surface area (Å²) >= 11 is 0. The summed E-state index contributed by atoms with van der Waals surface area (Å²) in [5.74, 6) is -1.04. The van der Waals surface area contributed by atoms with Crippen LogP contribution in [0.3, 0.4) is 0 Å². The molecule has 9 heteroatoms. The molecule has 2 amide bonds. The van der Waals surface area contributed by atoms with E-state index in [9.17, 15) is 23.1 Å². The number of carbonyl (C=O) groups is 2. The number of aliphatic hydroxyl groups is 1. The molecule has 1 unspecified atom stereocenters. The molecule has 3 N–H and O–H groups in total. The van der Waals surface area contributed by atoms with Gasteiger partial charge in [-0.25, -0.2) is 18.0 Å². The highest BCUT2D eigenvalue weighted by Crippen LogP contribution is 2.20. The molecule has 8 nitrogen and oxygen atoms in total. The Bertz CT molecular complexity index is 505. The van der Waals surface area contributed by atoms with E-state index in [0.29, 0.717) is 12.8 Å². The number of aliphatic carboxylic acids is 1. The molecule has 0 spiro atoms. The minimum Gasteiger partial charge on any atom is -0.480 e. The van der Waals surface area contributed by atoms with E-state index in [-0.39, 0.29) is 25.3 Å². The second-order valence-electron chi connectivity index (χ2n) is 5.21. The molecule has 2 aliphatic heterocycles. The van der Waals surface area contributed by atoms with Crippen molar-refractivity contribution in [2.45, 2.75) is 36.7 Å². The van der Waals surface area contributed by atoms with Crippen molar-refractivity contribution in [3.05, 3.63) is 0 Å². The van der Waals surface area contributed by atoms with E-state index >= 15 is 0 Å². The zero-order valence-electron chi connectivity index (χ0n) is 10.9. The van der Waals surface area contributed by atoms with Gasteiger partial charge in [0, 0.05) is 19.5 Å². The van der Waals surface area contributed by atoms with Crippen LogP contribution >= 0.6 is 0 Å². The molecular weight excluding hydrogens is 288 g/mol. The molecule has 114 valence electrons. The van der Waals surface area contributed by atoms with Crippen molar-refractivity contribution < 1.29 is 28.2 Å². The number of nitrogens with one attached hydrogen (secondary N) is 1. The number of nitrogens with zero attached hydrogens (tertiary/aromatic N) is 1. The molecule has 20 heavy (non-hydrogen) atoms. The SMILES string of the molecule is O=C(O)[C@H]1C[C@@H](O)CN1C(=O)NCC1CCCS1(=O)=O. The van der Waals surface area contributed by atoms with Crippen LogP contribution in [-0.4, -0.2) is 71.8 Å². The first-order chi connectivity index (χ1) is 9.31. The number of carboxylic acids is 1. The number of carboxylic acid groups (broad SMARTS) is 1. The number of rotatable bonds is 3. The Morgan fingerprint density at radius 3 is 2.60 bits per heavy atom. The first-order valence-electron chi connectivity index (χ1n) is 6.48. The van der Waals surface area contributed by atoms with Gasteiger partial charge in [-0.3, -0.25) is 0 Å². The van der Waals surface area contributed by atoms with Gasteiger partial charge in [-0.15, -0.1) is 0 Å². The highest BCUT2D eigenvalue weighted by Gasteiger charge is 2.39. The van der Waals surface area contributed by atoms with Crippen LogP contribution in [0.1, 0.15) is 19.3 Å². The number of carbonyl (C=O) groups excluding carboxylic acids is 1. The van der Waals surface area contributed by atoms with Gasteiger partial charge in [-0.2, -0.15) is 0 Å². The molecule has 2 fully saturated rings. The van der Waals surface area contributed by atoms with Gasteiger partial charge in [0.25, 0.3) is 0 Å². The molecular formula is C11H18N2O6S. The molecule has 0 radical (unpaired) electrons.